The third kappa shape index (κ3) is 2.61. The average Bonchev–Trinajstić information content (AvgIpc) is 3.28. The van der Waals surface area contributed by atoms with Crippen molar-refractivity contribution in [3.63, 3.8) is 0 Å². The number of hydrogen-bond acceptors (Lipinski definition) is 1. The molecule has 0 aromatic heterocycles. The highest BCUT2D eigenvalue weighted by Gasteiger charge is 2.37. The molecule has 2 heterocycles. The predicted molar refractivity (Wildman–Crippen MR) is 101 cm³/mol. The van der Waals surface area contributed by atoms with Crippen molar-refractivity contribution in [3.8, 4) is 0 Å². The van der Waals surface area contributed by atoms with Crippen molar-refractivity contribution in [2.45, 2.75) is 25.0 Å². The molecule has 0 saturated carbocycles. The maximum absolute atomic E-state index is 6.19. The van der Waals surface area contributed by atoms with Crippen LogP contribution in [0.1, 0.15) is 45.6 Å². The lowest BCUT2D eigenvalue weighted by atomic mass is 9.85. The minimum atomic E-state index is 0.134. The van der Waals surface area contributed by atoms with E-state index in [1.165, 1.54) is 33.4 Å². The molecule has 0 saturated heterocycles. The predicted octanol–water partition coefficient (Wildman–Crippen LogP) is 5.55. The molecule has 122 valence electrons. The van der Waals surface area contributed by atoms with E-state index in [0.717, 1.165) is 12.8 Å². The molecule has 3 aromatic carbocycles. The molecule has 0 spiro atoms. The molecule has 2 bridgehead atoms. The van der Waals surface area contributed by atoms with E-state index in [4.69, 9.17) is 4.74 Å². The molecule has 0 radical (unpaired) electrons. The highest BCUT2D eigenvalue weighted by molar-refractivity contribution is 5.54. The van der Waals surface area contributed by atoms with Gasteiger partial charge in [0.05, 0.1) is 0 Å². The fraction of sp³-hybridized carbons (Fsp3) is 0.167. The van der Waals surface area contributed by atoms with Crippen LogP contribution in [-0.4, -0.2) is 0 Å². The van der Waals surface area contributed by atoms with Crippen LogP contribution >= 0.6 is 0 Å². The second-order valence-corrected chi connectivity index (χ2v) is 6.90. The second-order valence-electron chi connectivity index (χ2n) is 6.90. The summed E-state index contributed by atoms with van der Waals surface area (Å²) >= 11 is 0. The van der Waals surface area contributed by atoms with Crippen LogP contribution < -0.4 is 0 Å². The van der Waals surface area contributed by atoms with E-state index < -0.39 is 0 Å². The van der Waals surface area contributed by atoms with Crippen LogP contribution in [0.4, 0.5) is 0 Å². The minimum absolute atomic E-state index is 0.134. The molecule has 2 aliphatic rings. The van der Waals surface area contributed by atoms with Crippen molar-refractivity contribution in [1.82, 2.24) is 0 Å². The molecular formula is C24H20O. The van der Waals surface area contributed by atoms with E-state index >= 15 is 0 Å². The van der Waals surface area contributed by atoms with Crippen LogP contribution in [0, 0.1) is 0 Å². The Hall–Kier alpha value is -2.64. The largest absolute Gasteiger partial charge is 0.357 e. The molecule has 3 aromatic rings. The maximum atomic E-state index is 6.19. The zero-order valence-electron chi connectivity index (χ0n) is 14.1. The number of benzene rings is 3. The van der Waals surface area contributed by atoms with Gasteiger partial charge in [0.1, 0.15) is 12.2 Å². The van der Waals surface area contributed by atoms with E-state index in [-0.39, 0.29) is 12.2 Å². The summed E-state index contributed by atoms with van der Waals surface area (Å²) in [5.74, 6) is 0. The van der Waals surface area contributed by atoms with Crippen LogP contribution in [0.25, 0.3) is 0 Å². The second kappa shape index (κ2) is 6.02. The SMILES string of the molecule is C1=CC2OC1c1c(Cc3ccccc3)ccc(Cc3ccccc3)c12. The van der Waals surface area contributed by atoms with Crippen molar-refractivity contribution in [2.75, 3.05) is 0 Å². The summed E-state index contributed by atoms with van der Waals surface area (Å²) in [7, 11) is 0. The van der Waals surface area contributed by atoms with Crippen LogP contribution in [-0.2, 0) is 17.6 Å². The van der Waals surface area contributed by atoms with Crippen molar-refractivity contribution in [3.05, 3.63) is 118 Å². The Kier molecular flexibility index (Phi) is 3.53. The van der Waals surface area contributed by atoms with Gasteiger partial charge in [-0.3, -0.25) is 0 Å². The highest BCUT2D eigenvalue weighted by atomic mass is 16.5. The number of fused-ring (bicyclic) bond motifs is 5. The van der Waals surface area contributed by atoms with Gasteiger partial charge < -0.3 is 4.74 Å². The third-order valence-corrected chi connectivity index (χ3v) is 5.27. The Labute approximate surface area is 148 Å². The van der Waals surface area contributed by atoms with Crippen molar-refractivity contribution >= 4 is 0 Å². The first-order valence-electron chi connectivity index (χ1n) is 8.95. The summed E-state index contributed by atoms with van der Waals surface area (Å²) in [6.07, 6.45) is 6.63. The van der Waals surface area contributed by atoms with E-state index in [1.807, 2.05) is 0 Å². The lowest BCUT2D eigenvalue weighted by Crippen LogP contribution is -2.05. The Balaban J connectivity index is 1.55. The van der Waals surface area contributed by atoms with Gasteiger partial charge in [0.25, 0.3) is 0 Å². The van der Waals surface area contributed by atoms with Crippen LogP contribution in [0.2, 0.25) is 0 Å². The molecule has 2 aliphatic heterocycles. The van der Waals surface area contributed by atoms with Gasteiger partial charge in [-0.2, -0.15) is 0 Å². The average molecular weight is 324 g/mol. The molecule has 1 nitrogen and oxygen atoms in total. The standard InChI is InChI=1S/C24H20O/c1-3-7-17(8-4-1)15-19-11-12-20(16-18-9-5-2-6-10-18)24-22-14-13-21(25-22)23(19)24/h1-14,21-22H,15-16H2. The van der Waals surface area contributed by atoms with E-state index in [0.29, 0.717) is 0 Å². The first-order valence-corrected chi connectivity index (χ1v) is 8.95. The minimum Gasteiger partial charge on any atom is -0.357 e. The summed E-state index contributed by atoms with van der Waals surface area (Å²) in [5, 5.41) is 0. The first kappa shape index (κ1) is 14.7. The summed E-state index contributed by atoms with van der Waals surface area (Å²) in [6.45, 7) is 0. The molecule has 0 aliphatic carbocycles. The van der Waals surface area contributed by atoms with Crippen molar-refractivity contribution in [1.29, 1.82) is 0 Å². The fourth-order valence-electron chi connectivity index (χ4n) is 4.12. The van der Waals surface area contributed by atoms with E-state index in [1.54, 1.807) is 0 Å². The first-order chi connectivity index (χ1) is 12.4. The topological polar surface area (TPSA) is 9.23 Å². The Morgan fingerprint density at radius 2 is 1.00 bits per heavy atom. The van der Waals surface area contributed by atoms with Gasteiger partial charge in [-0.05, 0) is 46.2 Å². The van der Waals surface area contributed by atoms with Crippen molar-refractivity contribution < 1.29 is 4.74 Å². The molecule has 1 heteroatoms. The monoisotopic (exact) mass is 324 g/mol. The number of hydrogen-bond donors (Lipinski definition) is 0. The number of ether oxygens (including phenoxy) is 1. The quantitative estimate of drug-likeness (QED) is 0.572. The molecule has 5 rings (SSSR count). The van der Waals surface area contributed by atoms with Crippen LogP contribution in [0.5, 0.6) is 0 Å². The summed E-state index contributed by atoms with van der Waals surface area (Å²) < 4.78 is 6.19. The number of rotatable bonds is 4. The molecule has 0 fully saturated rings. The normalized spacial score (nSPS) is 20.0. The van der Waals surface area contributed by atoms with E-state index in [2.05, 4.69) is 84.9 Å². The Bertz CT molecular complexity index is 849. The zero-order valence-corrected chi connectivity index (χ0v) is 14.1. The molecule has 0 N–H and O–H groups in total. The maximum Gasteiger partial charge on any atom is 0.103 e. The van der Waals surface area contributed by atoms with Crippen LogP contribution in [0.15, 0.2) is 84.9 Å². The summed E-state index contributed by atoms with van der Waals surface area (Å²) in [4.78, 5) is 0. The Morgan fingerprint density at radius 1 is 0.560 bits per heavy atom. The van der Waals surface area contributed by atoms with Gasteiger partial charge >= 0.3 is 0 Å². The highest BCUT2D eigenvalue weighted by Crippen LogP contribution is 2.49. The smallest absolute Gasteiger partial charge is 0.103 e. The molecule has 25 heavy (non-hydrogen) atoms. The Morgan fingerprint density at radius 3 is 1.44 bits per heavy atom. The van der Waals surface area contributed by atoms with E-state index in [9.17, 15) is 0 Å². The van der Waals surface area contributed by atoms with Crippen molar-refractivity contribution in [2.24, 2.45) is 0 Å². The van der Waals surface area contributed by atoms with Gasteiger partial charge in [-0.25, -0.2) is 0 Å². The summed E-state index contributed by atoms with van der Waals surface area (Å²) in [5.41, 5.74) is 8.32. The molecule has 0 amide bonds. The van der Waals surface area contributed by atoms with Gasteiger partial charge in [0.2, 0.25) is 0 Å². The van der Waals surface area contributed by atoms with Gasteiger partial charge in [0.15, 0.2) is 0 Å². The van der Waals surface area contributed by atoms with Gasteiger partial charge in [-0.15, -0.1) is 0 Å². The third-order valence-electron chi connectivity index (χ3n) is 5.27. The van der Waals surface area contributed by atoms with Gasteiger partial charge in [0, 0.05) is 0 Å². The summed E-state index contributed by atoms with van der Waals surface area (Å²) in [6, 6.07) is 26.0. The molecule has 2 unspecified atom stereocenters. The lowest BCUT2D eigenvalue weighted by molar-refractivity contribution is 0.0874. The molecule has 2 atom stereocenters. The van der Waals surface area contributed by atoms with Gasteiger partial charge in [-0.1, -0.05) is 84.9 Å². The molecular weight excluding hydrogens is 304 g/mol. The van der Waals surface area contributed by atoms with Crippen LogP contribution in [0.3, 0.4) is 0 Å². The fourth-order valence-corrected chi connectivity index (χ4v) is 4.12. The zero-order chi connectivity index (χ0) is 16.6. The lowest BCUT2D eigenvalue weighted by Gasteiger charge is -2.18.